The molecule has 0 atom stereocenters. The van der Waals surface area contributed by atoms with Crippen LogP contribution in [0.3, 0.4) is 0 Å². The standard InChI is InChI=1S/C14H18O/c1-4-5-6-7-13-10-14(12(3)15)9-8-11(13)2/h4-5,8-10H,6-7H2,1-3H3/b5-4-. The largest absolute Gasteiger partial charge is 0.295 e. The van der Waals surface area contributed by atoms with Crippen molar-refractivity contribution in [3.05, 3.63) is 47.0 Å². The summed E-state index contributed by atoms with van der Waals surface area (Å²) in [6.07, 6.45) is 6.26. The molecule has 0 N–H and O–H groups in total. The molecule has 80 valence electrons. The molecule has 0 aromatic heterocycles. The van der Waals surface area contributed by atoms with Crippen molar-refractivity contribution >= 4 is 5.78 Å². The second-order valence-electron chi connectivity index (χ2n) is 3.81. The summed E-state index contributed by atoms with van der Waals surface area (Å²) < 4.78 is 0. The van der Waals surface area contributed by atoms with Crippen LogP contribution in [0.15, 0.2) is 30.4 Å². The van der Waals surface area contributed by atoms with E-state index in [0.717, 1.165) is 18.4 Å². The number of aryl methyl sites for hydroxylation is 2. The Morgan fingerprint density at radius 3 is 2.73 bits per heavy atom. The van der Waals surface area contributed by atoms with Gasteiger partial charge in [0.15, 0.2) is 5.78 Å². The Morgan fingerprint density at radius 2 is 2.13 bits per heavy atom. The molecule has 15 heavy (non-hydrogen) atoms. The van der Waals surface area contributed by atoms with E-state index >= 15 is 0 Å². The first-order valence-electron chi connectivity index (χ1n) is 5.36. The lowest BCUT2D eigenvalue weighted by Gasteiger charge is -2.05. The lowest BCUT2D eigenvalue weighted by Crippen LogP contribution is -1.96. The minimum absolute atomic E-state index is 0.141. The molecule has 0 bridgehead atoms. The van der Waals surface area contributed by atoms with Gasteiger partial charge in [-0.1, -0.05) is 24.3 Å². The van der Waals surface area contributed by atoms with E-state index < -0.39 is 0 Å². The average Bonchev–Trinajstić information content (AvgIpc) is 2.20. The maximum atomic E-state index is 11.2. The molecule has 0 saturated heterocycles. The zero-order valence-corrected chi connectivity index (χ0v) is 9.71. The van der Waals surface area contributed by atoms with Gasteiger partial charge in [-0.25, -0.2) is 0 Å². The van der Waals surface area contributed by atoms with Crippen LogP contribution in [-0.2, 0) is 6.42 Å². The molecule has 1 rings (SSSR count). The summed E-state index contributed by atoms with van der Waals surface area (Å²) in [5.74, 6) is 0.141. The first kappa shape index (κ1) is 11.7. The van der Waals surface area contributed by atoms with E-state index in [2.05, 4.69) is 19.1 Å². The van der Waals surface area contributed by atoms with Crippen LogP contribution in [0.1, 0.15) is 41.8 Å². The number of ketones is 1. The number of carbonyl (C=O) groups excluding carboxylic acids is 1. The second kappa shape index (κ2) is 5.50. The number of hydrogen-bond acceptors (Lipinski definition) is 1. The lowest BCUT2D eigenvalue weighted by atomic mass is 9.99. The topological polar surface area (TPSA) is 17.1 Å². The Bertz CT molecular complexity index is 375. The third-order valence-corrected chi connectivity index (χ3v) is 2.57. The average molecular weight is 202 g/mol. The Hall–Kier alpha value is -1.37. The minimum atomic E-state index is 0.141. The number of carbonyl (C=O) groups is 1. The van der Waals surface area contributed by atoms with E-state index in [1.54, 1.807) is 6.92 Å². The molecule has 1 nitrogen and oxygen atoms in total. The van der Waals surface area contributed by atoms with Crippen molar-refractivity contribution in [3.8, 4) is 0 Å². The SMILES string of the molecule is C/C=C\CCc1cc(C(C)=O)ccc1C. The summed E-state index contributed by atoms with van der Waals surface area (Å²) in [6.45, 7) is 5.73. The van der Waals surface area contributed by atoms with Crippen LogP contribution in [-0.4, -0.2) is 5.78 Å². The van der Waals surface area contributed by atoms with Gasteiger partial charge in [0, 0.05) is 5.56 Å². The van der Waals surface area contributed by atoms with Gasteiger partial charge in [-0.3, -0.25) is 4.79 Å². The number of allylic oxidation sites excluding steroid dienone is 2. The van der Waals surface area contributed by atoms with Crippen LogP contribution in [0, 0.1) is 6.92 Å². The quantitative estimate of drug-likeness (QED) is 0.537. The first-order chi connectivity index (χ1) is 7.15. The van der Waals surface area contributed by atoms with Crippen LogP contribution < -0.4 is 0 Å². The summed E-state index contributed by atoms with van der Waals surface area (Å²) in [5, 5.41) is 0. The van der Waals surface area contributed by atoms with Gasteiger partial charge in [-0.2, -0.15) is 0 Å². The third kappa shape index (κ3) is 3.35. The van der Waals surface area contributed by atoms with Crippen LogP contribution in [0.2, 0.25) is 0 Å². The van der Waals surface area contributed by atoms with Gasteiger partial charge in [0.25, 0.3) is 0 Å². The molecule has 0 aliphatic carbocycles. The van der Waals surface area contributed by atoms with Gasteiger partial charge in [0.1, 0.15) is 0 Å². The van der Waals surface area contributed by atoms with Crippen LogP contribution in [0.4, 0.5) is 0 Å². The predicted octanol–water partition coefficient (Wildman–Crippen LogP) is 3.71. The highest BCUT2D eigenvalue weighted by Gasteiger charge is 2.02. The fraction of sp³-hybridized carbons (Fsp3) is 0.357. The normalized spacial score (nSPS) is 10.9. The lowest BCUT2D eigenvalue weighted by molar-refractivity contribution is 0.101. The molecule has 0 aliphatic heterocycles. The van der Waals surface area contributed by atoms with E-state index in [0.29, 0.717) is 0 Å². The Morgan fingerprint density at radius 1 is 1.40 bits per heavy atom. The van der Waals surface area contributed by atoms with Crippen molar-refractivity contribution in [3.63, 3.8) is 0 Å². The molecule has 0 amide bonds. The van der Waals surface area contributed by atoms with Crippen molar-refractivity contribution < 1.29 is 4.79 Å². The zero-order chi connectivity index (χ0) is 11.3. The van der Waals surface area contributed by atoms with Gasteiger partial charge >= 0.3 is 0 Å². The first-order valence-corrected chi connectivity index (χ1v) is 5.36. The van der Waals surface area contributed by atoms with E-state index in [9.17, 15) is 4.79 Å². The molecule has 0 fully saturated rings. The summed E-state index contributed by atoms with van der Waals surface area (Å²) in [5.41, 5.74) is 3.36. The monoisotopic (exact) mass is 202 g/mol. The van der Waals surface area contributed by atoms with Crippen LogP contribution in [0.5, 0.6) is 0 Å². The van der Waals surface area contributed by atoms with Crippen molar-refractivity contribution in [1.29, 1.82) is 0 Å². The molecular weight excluding hydrogens is 184 g/mol. The van der Waals surface area contributed by atoms with Crippen molar-refractivity contribution in [2.75, 3.05) is 0 Å². The maximum Gasteiger partial charge on any atom is 0.159 e. The van der Waals surface area contributed by atoms with Crippen molar-refractivity contribution in [2.24, 2.45) is 0 Å². The van der Waals surface area contributed by atoms with Crippen molar-refractivity contribution in [2.45, 2.75) is 33.6 Å². The van der Waals surface area contributed by atoms with Gasteiger partial charge in [0.05, 0.1) is 0 Å². The molecule has 0 saturated carbocycles. The number of hydrogen-bond donors (Lipinski definition) is 0. The summed E-state index contributed by atoms with van der Waals surface area (Å²) in [7, 11) is 0. The van der Waals surface area contributed by atoms with Gasteiger partial charge in [-0.15, -0.1) is 0 Å². The Kier molecular flexibility index (Phi) is 4.29. The fourth-order valence-corrected chi connectivity index (χ4v) is 1.57. The van der Waals surface area contributed by atoms with Gasteiger partial charge in [0.2, 0.25) is 0 Å². The van der Waals surface area contributed by atoms with Crippen molar-refractivity contribution in [1.82, 2.24) is 0 Å². The number of benzene rings is 1. The van der Waals surface area contributed by atoms with Crippen LogP contribution in [0.25, 0.3) is 0 Å². The third-order valence-electron chi connectivity index (χ3n) is 2.57. The molecular formula is C14H18O. The highest BCUT2D eigenvalue weighted by atomic mass is 16.1. The predicted molar refractivity (Wildman–Crippen MR) is 64.3 cm³/mol. The van der Waals surface area contributed by atoms with E-state index in [1.807, 2.05) is 25.1 Å². The van der Waals surface area contributed by atoms with Crippen LogP contribution >= 0.6 is 0 Å². The number of rotatable bonds is 4. The Balaban J connectivity index is 2.85. The van der Waals surface area contributed by atoms with Gasteiger partial charge < -0.3 is 0 Å². The molecule has 1 aromatic rings. The number of Topliss-reactive ketones (excluding diaryl/α,β-unsaturated/α-hetero) is 1. The molecule has 0 radical (unpaired) electrons. The maximum absolute atomic E-state index is 11.2. The van der Waals surface area contributed by atoms with E-state index in [1.165, 1.54) is 11.1 Å². The summed E-state index contributed by atoms with van der Waals surface area (Å²) in [6, 6.07) is 5.94. The second-order valence-corrected chi connectivity index (χ2v) is 3.81. The highest BCUT2D eigenvalue weighted by Crippen LogP contribution is 2.14. The van der Waals surface area contributed by atoms with E-state index in [-0.39, 0.29) is 5.78 Å². The molecule has 0 heterocycles. The molecule has 0 unspecified atom stereocenters. The molecule has 0 aliphatic rings. The molecule has 1 heteroatoms. The highest BCUT2D eigenvalue weighted by molar-refractivity contribution is 5.94. The molecule has 0 spiro atoms. The minimum Gasteiger partial charge on any atom is -0.295 e. The summed E-state index contributed by atoms with van der Waals surface area (Å²) in [4.78, 5) is 11.2. The zero-order valence-electron chi connectivity index (χ0n) is 9.71. The fourth-order valence-electron chi connectivity index (χ4n) is 1.57. The Labute approximate surface area is 91.8 Å². The smallest absolute Gasteiger partial charge is 0.159 e. The molecule has 1 aromatic carbocycles. The van der Waals surface area contributed by atoms with Gasteiger partial charge in [-0.05, 0) is 50.8 Å². The summed E-state index contributed by atoms with van der Waals surface area (Å²) >= 11 is 0. The van der Waals surface area contributed by atoms with E-state index in [4.69, 9.17) is 0 Å².